The molecule has 0 aromatic heterocycles. The van der Waals surface area contributed by atoms with Crippen LogP contribution < -0.4 is 113 Å². The Labute approximate surface area is 409 Å². The van der Waals surface area contributed by atoms with E-state index in [-0.39, 0.29) is 103 Å². The van der Waals surface area contributed by atoms with Gasteiger partial charge < -0.3 is 0 Å². The third-order valence-corrected chi connectivity index (χ3v) is 96.7. The number of hydrogen-bond acceptors (Lipinski definition) is 0. The van der Waals surface area contributed by atoms with E-state index in [9.17, 15) is 0 Å². The number of rotatable bonds is 6. The van der Waals surface area contributed by atoms with Gasteiger partial charge in [0.1, 0.15) is 0 Å². The van der Waals surface area contributed by atoms with Crippen LogP contribution in [-0.2, 0) is 0 Å². The molecule has 1 aromatic carbocycles. The topological polar surface area (TPSA) is 0 Å². The molecule has 0 N–H and O–H groups in total. The Morgan fingerprint density at radius 1 is 0.320 bits per heavy atom. The fraction of sp³-hybridized carbons (Fsp3) is 0.857. The van der Waals surface area contributed by atoms with E-state index < -0.39 is 46.0 Å². The van der Waals surface area contributed by atoms with Crippen LogP contribution in [0.1, 0.15) is 166 Å². The fourth-order valence-electron chi connectivity index (χ4n) is 10.5. The first-order valence-corrected chi connectivity index (χ1v) is 36.3. The molecule has 0 saturated heterocycles. The molecule has 0 aliphatic heterocycles. The van der Waals surface area contributed by atoms with Crippen LogP contribution in [0.5, 0.6) is 0 Å². The standard InChI is InChI=1S/C42H88Si6.2K/c1-35(2,3)45(25,36(4,5)6)43(46(26,37(7,8)9)38(10,11)12)33-30-29-31-34(32-33)44(47(27,39(13,14)15)40(16,17)18)48(28,41(19,20)21)42(22,23)24;;/h29-32H,1-28H3;;/q-2;2*+1. The van der Waals surface area contributed by atoms with Crippen molar-refractivity contribution in [3.05, 3.63) is 24.3 Å². The first-order chi connectivity index (χ1) is 20.5. The molecule has 0 spiro atoms. The Morgan fingerprint density at radius 3 is 0.580 bits per heavy atom. The smallest absolute Gasteiger partial charge is 0.278 e. The second-order valence-electron chi connectivity index (χ2n) is 24.8. The minimum Gasteiger partial charge on any atom is -0.278 e. The van der Waals surface area contributed by atoms with Crippen LogP contribution in [0.4, 0.5) is 0 Å². The summed E-state index contributed by atoms with van der Waals surface area (Å²) in [6, 6.07) is 10.9. The van der Waals surface area contributed by atoms with Crippen LogP contribution >= 0.6 is 0 Å². The third kappa shape index (κ3) is 9.63. The second kappa shape index (κ2) is 16.8. The molecule has 0 aliphatic rings. The largest absolute Gasteiger partial charge is 1.00 e. The summed E-state index contributed by atoms with van der Waals surface area (Å²) in [6.07, 6.45) is 0. The molecule has 50 heavy (non-hydrogen) atoms. The van der Waals surface area contributed by atoms with Gasteiger partial charge in [0.2, 0.25) is 0 Å². The molecule has 0 fully saturated rings. The molecule has 8 heteroatoms. The fourth-order valence-corrected chi connectivity index (χ4v) is 109. The van der Waals surface area contributed by atoms with Gasteiger partial charge in [0.15, 0.2) is 0 Å². The van der Waals surface area contributed by atoms with Gasteiger partial charge in [0.25, 0.3) is 0 Å². The summed E-state index contributed by atoms with van der Waals surface area (Å²) < 4.78 is 0. The van der Waals surface area contributed by atoms with Gasteiger partial charge in [-0.2, -0.15) is 0 Å². The van der Waals surface area contributed by atoms with Crippen molar-refractivity contribution in [2.45, 2.75) is 233 Å². The van der Waals surface area contributed by atoms with E-state index in [0.717, 1.165) is 0 Å². The minimum atomic E-state index is -1.98. The molecule has 0 saturated carbocycles. The molecule has 0 bridgehead atoms. The molecule has 0 atom stereocenters. The molecule has 0 nitrogen and oxygen atoms in total. The van der Waals surface area contributed by atoms with Crippen LogP contribution in [0.3, 0.4) is 0 Å². The second-order valence-corrected chi connectivity index (χ2v) is 69.5. The molecule has 0 unspecified atom stereocenters. The summed E-state index contributed by atoms with van der Waals surface area (Å²) in [6.45, 7) is 74.9. The van der Waals surface area contributed by atoms with Crippen LogP contribution in [-0.4, -0.2) is 46.0 Å². The zero-order valence-electron chi connectivity index (χ0n) is 40.3. The predicted octanol–water partition coefficient (Wildman–Crippen LogP) is 8.13. The molecular weight excluding hydrogens is 751 g/mol. The van der Waals surface area contributed by atoms with E-state index in [1.807, 2.05) is 10.4 Å². The average Bonchev–Trinajstić information content (AvgIpc) is 2.78. The summed E-state index contributed by atoms with van der Waals surface area (Å²) in [5, 5.41) is 6.03. The van der Waals surface area contributed by atoms with Gasteiger partial charge in [-0.1, -0.05) is 281 Å². The van der Waals surface area contributed by atoms with Gasteiger partial charge in [-0.05, 0) is 0 Å². The van der Waals surface area contributed by atoms with E-state index >= 15 is 0 Å². The van der Waals surface area contributed by atoms with Crippen molar-refractivity contribution >= 4 is 56.4 Å². The molecule has 1 aromatic rings. The summed E-state index contributed by atoms with van der Waals surface area (Å²) in [4.78, 5) is 0. The quantitative estimate of drug-likeness (QED) is 0.254. The van der Waals surface area contributed by atoms with Crippen molar-refractivity contribution in [3.8, 4) is 0 Å². The monoisotopic (exact) mass is 838 g/mol. The molecule has 0 radical (unpaired) electrons. The van der Waals surface area contributed by atoms with Crippen LogP contribution in [0, 0.1) is 0 Å². The number of benzene rings is 1. The van der Waals surface area contributed by atoms with E-state index in [1.54, 1.807) is 0 Å². The molecular formula is C42H88K2Si6. The Balaban J connectivity index is 0. The summed E-state index contributed by atoms with van der Waals surface area (Å²) >= 11 is 0. The minimum absolute atomic E-state index is 0. The Kier molecular flexibility index (Phi) is 18.8. The Bertz CT molecular complexity index is 1040. The molecule has 0 heterocycles. The SMILES string of the molecule is CC(C)(C)[Si](C)([Si-](c1cccc([Si-]([Si](C)(C(C)(C)C)C(C)(C)C)[Si](C)(C(C)(C)C)C(C)(C)C)c1)[Si](C)(C(C)(C)C)C(C)(C)C)C(C)(C)C.[K+].[K+]. The van der Waals surface area contributed by atoms with Gasteiger partial charge >= 0.3 is 103 Å². The van der Waals surface area contributed by atoms with E-state index in [4.69, 9.17) is 0 Å². The van der Waals surface area contributed by atoms with Crippen LogP contribution in [0.25, 0.3) is 0 Å². The van der Waals surface area contributed by atoms with Crippen molar-refractivity contribution < 1.29 is 103 Å². The third-order valence-electron chi connectivity index (χ3n) is 15.4. The molecule has 282 valence electrons. The first kappa shape index (κ1) is 55.9. The summed E-state index contributed by atoms with van der Waals surface area (Å²) in [5.41, 5.74) is 0. The van der Waals surface area contributed by atoms with Crippen LogP contribution in [0.2, 0.25) is 66.5 Å². The zero-order chi connectivity index (χ0) is 39.1. The molecule has 0 aliphatic carbocycles. The zero-order valence-corrected chi connectivity index (χ0v) is 52.6. The van der Waals surface area contributed by atoms with E-state index in [0.29, 0.717) is 40.3 Å². The van der Waals surface area contributed by atoms with Gasteiger partial charge in [-0.15, -0.1) is 6.07 Å². The Morgan fingerprint density at radius 2 is 0.460 bits per heavy atom. The predicted molar refractivity (Wildman–Crippen MR) is 241 cm³/mol. The Hall–Kier alpha value is 3.79. The van der Waals surface area contributed by atoms with Crippen molar-refractivity contribution in [2.24, 2.45) is 0 Å². The average molecular weight is 840 g/mol. The maximum absolute atomic E-state index is 2.97. The van der Waals surface area contributed by atoms with Crippen molar-refractivity contribution in [1.29, 1.82) is 0 Å². The summed E-state index contributed by atoms with van der Waals surface area (Å²) in [7, 11) is -9.88. The number of hydrogen-bond donors (Lipinski definition) is 0. The van der Waals surface area contributed by atoms with Crippen molar-refractivity contribution in [2.75, 3.05) is 0 Å². The van der Waals surface area contributed by atoms with Crippen molar-refractivity contribution in [1.82, 2.24) is 0 Å². The van der Waals surface area contributed by atoms with E-state index in [1.165, 1.54) is 0 Å². The first-order valence-electron chi connectivity index (χ1n) is 19.3. The van der Waals surface area contributed by atoms with Gasteiger partial charge in [0.05, 0.1) is 0 Å². The van der Waals surface area contributed by atoms with Crippen LogP contribution in [0.15, 0.2) is 24.3 Å². The maximum atomic E-state index is 2.97. The van der Waals surface area contributed by atoms with Gasteiger partial charge in [-0.25, -0.2) is 10.4 Å². The normalized spacial score (nSPS) is 15.3. The molecule has 0 amide bonds. The van der Waals surface area contributed by atoms with E-state index in [2.05, 4.69) is 217 Å². The van der Waals surface area contributed by atoms with Gasteiger partial charge in [0, 0.05) is 0 Å². The molecule has 1 rings (SSSR count). The van der Waals surface area contributed by atoms with Gasteiger partial charge in [-0.3, -0.25) is 15.7 Å². The maximum Gasteiger partial charge on any atom is 1.00 e. The van der Waals surface area contributed by atoms with Crippen molar-refractivity contribution in [3.63, 3.8) is 0 Å². The summed E-state index contributed by atoms with van der Waals surface area (Å²) in [5.74, 6) is 0.